The summed E-state index contributed by atoms with van der Waals surface area (Å²) < 4.78 is 48.0. The van der Waals surface area contributed by atoms with Gasteiger partial charge < -0.3 is 20.2 Å². The molecule has 0 bridgehead atoms. The van der Waals surface area contributed by atoms with Crippen LogP contribution in [0.3, 0.4) is 0 Å². The van der Waals surface area contributed by atoms with Crippen molar-refractivity contribution in [1.29, 1.82) is 0 Å². The number of halogens is 4. The molecule has 1 fully saturated rings. The van der Waals surface area contributed by atoms with Gasteiger partial charge in [-0.05, 0) is 56.0 Å². The number of rotatable bonds is 4. The molecule has 0 spiro atoms. The van der Waals surface area contributed by atoms with Gasteiger partial charge in [-0.1, -0.05) is 32.0 Å². The summed E-state index contributed by atoms with van der Waals surface area (Å²) in [7, 11) is 0. The standard InChI is InChI=1S/C33H32ClF3N6O3/c1-6-21(45)41-14-18-10-12-39-29-24-31(25(34)23(27(29)37)22-20(44)8-7-19(35)26(22)36)43(30-16(4)9-11-38-28(30)15(2)3)33(46)40-32(24)42(18)13-17(41)5/h6-9,11,15,17-18,39,44H,1,10,12-14H2,2-5H3. The number of fused-ring (bicyclic) bond motifs is 2. The minimum Gasteiger partial charge on any atom is -0.507 e. The van der Waals surface area contributed by atoms with Crippen LogP contribution in [0.15, 0.2) is 41.8 Å². The topological polar surface area (TPSA) is 104 Å². The molecular formula is C33H32ClF3N6O3. The number of pyridine rings is 1. The third kappa shape index (κ3) is 4.77. The number of phenols is 1. The molecule has 1 amide bonds. The Morgan fingerprint density at radius 1 is 1.17 bits per heavy atom. The van der Waals surface area contributed by atoms with Crippen LogP contribution < -0.4 is 15.9 Å². The van der Waals surface area contributed by atoms with Crippen molar-refractivity contribution in [2.75, 3.05) is 29.9 Å². The molecule has 2 atom stereocenters. The predicted molar refractivity (Wildman–Crippen MR) is 172 cm³/mol. The monoisotopic (exact) mass is 652 g/mol. The number of benzene rings is 2. The maximum Gasteiger partial charge on any atom is 0.354 e. The molecule has 1 saturated heterocycles. The zero-order valence-corrected chi connectivity index (χ0v) is 26.4. The molecule has 2 aliphatic heterocycles. The van der Waals surface area contributed by atoms with Gasteiger partial charge in [0.2, 0.25) is 5.91 Å². The maximum atomic E-state index is 16.8. The van der Waals surface area contributed by atoms with Gasteiger partial charge in [0.05, 0.1) is 38.6 Å². The fourth-order valence-corrected chi connectivity index (χ4v) is 6.95. The first-order valence-electron chi connectivity index (χ1n) is 14.9. The quantitative estimate of drug-likeness (QED) is 0.258. The predicted octanol–water partition coefficient (Wildman–Crippen LogP) is 6.06. The minimum atomic E-state index is -1.50. The maximum absolute atomic E-state index is 16.8. The van der Waals surface area contributed by atoms with Gasteiger partial charge >= 0.3 is 5.69 Å². The van der Waals surface area contributed by atoms with Gasteiger partial charge in [0.1, 0.15) is 11.6 Å². The van der Waals surface area contributed by atoms with E-state index < -0.39 is 45.0 Å². The Bertz CT molecular complexity index is 2000. The fourth-order valence-electron chi connectivity index (χ4n) is 6.59. The number of anilines is 2. The molecule has 13 heteroatoms. The highest BCUT2D eigenvalue weighted by molar-refractivity contribution is 6.39. The normalized spacial score (nSPS) is 17.8. The highest BCUT2D eigenvalue weighted by Crippen LogP contribution is 2.49. The summed E-state index contributed by atoms with van der Waals surface area (Å²) in [6.07, 6.45) is 3.27. The molecule has 2 aliphatic rings. The lowest BCUT2D eigenvalue weighted by Gasteiger charge is -2.46. The number of hydrogen-bond acceptors (Lipinski definition) is 7. The lowest BCUT2D eigenvalue weighted by molar-refractivity contribution is -0.128. The number of amides is 1. The van der Waals surface area contributed by atoms with Crippen LogP contribution in [0.4, 0.5) is 24.7 Å². The highest BCUT2D eigenvalue weighted by Gasteiger charge is 2.39. The van der Waals surface area contributed by atoms with Crippen LogP contribution in [0.1, 0.15) is 44.4 Å². The molecule has 4 aromatic rings. The van der Waals surface area contributed by atoms with E-state index in [0.717, 1.165) is 12.1 Å². The number of carbonyl (C=O) groups is 1. The molecule has 2 N–H and O–H groups in total. The van der Waals surface area contributed by atoms with Gasteiger partial charge in [-0.15, -0.1) is 0 Å². The molecule has 0 saturated carbocycles. The van der Waals surface area contributed by atoms with Gasteiger partial charge in [-0.2, -0.15) is 4.98 Å². The Hall–Kier alpha value is -4.58. The van der Waals surface area contributed by atoms with Crippen molar-refractivity contribution in [1.82, 2.24) is 19.4 Å². The largest absolute Gasteiger partial charge is 0.507 e. The Morgan fingerprint density at radius 2 is 1.91 bits per heavy atom. The van der Waals surface area contributed by atoms with Gasteiger partial charge in [-0.25, -0.2) is 18.0 Å². The van der Waals surface area contributed by atoms with Crippen LogP contribution in [-0.4, -0.2) is 62.2 Å². The van der Waals surface area contributed by atoms with E-state index in [9.17, 15) is 19.1 Å². The number of aromatic hydroxyl groups is 1. The average molecular weight is 653 g/mol. The summed E-state index contributed by atoms with van der Waals surface area (Å²) in [6.45, 7) is 11.8. The molecule has 6 rings (SSSR count). The lowest BCUT2D eigenvalue weighted by atomic mass is 9.96. The van der Waals surface area contributed by atoms with Gasteiger partial charge in [0.15, 0.2) is 17.5 Å². The molecule has 0 radical (unpaired) electrons. The zero-order chi connectivity index (χ0) is 33.2. The van der Waals surface area contributed by atoms with E-state index in [2.05, 4.69) is 21.9 Å². The smallest absolute Gasteiger partial charge is 0.354 e. The summed E-state index contributed by atoms with van der Waals surface area (Å²) in [5.41, 5.74) is -0.775. The second-order valence-corrected chi connectivity index (χ2v) is 12.4. The number of aryl methyl sites for hydroxylation is 1. The first-order chi connectivity index (χ1) is 21.9. The molecule has 0 aliphatic carbocycles. The van der Waals surface area contributed by atoms with E-state index in [0.29, 0.717) is 29.9 Å². The molecule has 46 heavy (non-hydrogen) atoms. The van der Waals surface area contributed by atoms with Crippen molar-refractivity contribution in [3.05, 3.63) is 81.3 Å². The Labute approximate surface area is 267 Å². The summed E-state index contributed by atoms with van der Waals surface area (Å²) in [6, 6.07) is 2.71. The number of nitrogens with zero attached hydrogens (tertiary/aromatic N) is 5. The summed E-state index contributed by atoms with van der Waals surface area (Å²) in [4.78, 5) is 39.6. The van der Waals surface area contributed by atoms with Crippen LogP contribution >= 0.6 is 11.6 Å². The highest BCUT2D eigenvalue weighted by atomic mass is 35.5. The first-order valence-corrected chi connectivity index (χ1v) is 15.3. The summed E-state index contributed by atoms with van der Waals surface area (Å²) >= 11 is 7.04. The number of hydrogen-bond donors (Lipinski definition) is 2. The number of phenolic OH excluding ortho intramolecular Hbond substituents is 1. The molecule has 2 unspecified atom stereocenters. The van der Waals surface area contributed by atoms with Crippen LogP contribution in [0.5, 0.6) is 5.75 Å². The first kappa shape index (κ1) is 31.4. The zero-order valence-electron chi connectivity index (χ0n) is 25.7. The Morgan fingerprint density at radius 3 is 2.61 bits per heavy atom. The Balaban J connectivity index is 1.78. The van der Waals surface area contributed by atoms with E-state index in [-0.39, 0.29) is 59.4 Å². The molecule has 240 valence electrons. The van der Waals surface area contributed by atoms with E-state index in [1.165, 1.54) is 10.6 Å². The SMILES string of the molecule is C=CC(=O)N1CC2CCNc3c(F)c(-c4c(O)ccc(F)c4F)c(Cl)c4c3c(nc(=O)n4-c3c(C)ccnc3C(C)C)N2CC1C. The number of carbonyl (C=O) groups excluding carboxylic acids is 1. The van der Waals surface area contributed by atoms with Crippen molar-refractivity contribution in [2.24, 2.45) is 0 Å². The van der Waals surface area contributed by atoms with Crippen LogP contribution in [0, 0.1) is 24.4 Å². The van der Waals surface area contributed by atoms with Crippen molar-refractivity contribution >= 4 is 39.9 Å². The second-order valence-electron chi connectivity index (χ2n) is 12.0. The number of aromatic nitrogens is 3. The van der Waals surface area contributed by atoms with E-state index >= 15 is 8.78 Å². The molecule has 9 nitrogen and oxygen atoms in total. The van der Waals surface area contributed by atoms with Gasteiger partial charge in [0, 0.05) is 43.5 Å². The average Bonchev–Trinajstić information content (AvgIpc) is 3.01. The molecule has 2 aromatic carbocycles. The van der Waals surface area contributed by atoms with E-state index in [1.54, 1.807) is 24.1 Å². The third-order valence-electron chi connectivity index (χ3n) is 8.79. The third-order valence-corrected chi connectivity index (χ3v) is 9.16. The van der Waals surface area contributed by atoms with Crippen LogP contribution in [-0.2, 0) is 4.79 Å². The van der Waals surface area contributed by atoms with Gasteiger partial charge in [0.25, 0.3) is 0 Å². The fraction of sp³-hybridized carbons (Fsp3) is 0.333. The summed E-state index contributed by atoms with van der Waals surface area (Å²) in [5, 5.41) is 13.5. The second kappa shape index (κ2) is 11.7. The van der Waals surface area contributed by atoms with Crippen LogP contribution in [0.2, 0.25) is 5.02 Å². The van der Waals surface area contributed by atoms with Crippen LogP contribution in [0.25, 0.3) is 27.7 Å². The molecule has 4 heterocycles. The minimum absolute atomic E-state index is 0.0190. The van der Waals surface area contributed by atoms with Crippen molar-refractivity contribution < 1.29 is 23.1 Å². The van der Waals surface area contributed by atoms with Crippen molar-refractivity contribution in [3.8, 4) is 22.6 Å². The molecule has 2 aromatic heterocycles. The summed E-state index contributed by atoms with van der Waals surface area (Å²) in [5.74, 6) is -4.89. The van der Waals surface area contributed by atoms with Crippen molar-refractivity contribution in [3.63, 3.8) is 0 Å². The Kier molecular flexibility index (Phi) is 7.95. The van der Waals surface area contributed by atoms with E-state index in [1.807, 2.05) is 25.7 Å². The lowest BCUT2D eigenvalue weighted by Crippen LogP contribution is -2.60. The van der Waals surface area contributed by atoms with Gasteiger partial charge in [-0.3, -0.25) is 14.3 Å². The van der Waals surface area contributed by atoms with E-state index in [4.69, 9.17) is 11.6 Å². The number of piperazine rings is 1. The molecular weight excluding hydrogens is 621 g/mol. The van der Waals surface area contributed by atoms with Crippen molar-refractivity contribution in [2.45, 2.75) is 52.1 Å². The number of nitrogens with one attached hydrogen (secondary N) is 1.